The van der Waals surface area contributed by atoms with Gasteiger partial charge in [-0.25, -0.2) is 13.4 Å². The number of hydrogen-bond acceptors (Lipinski definition) is 5. The molecular weight excluding hydrogens is 340 g/mol. The number of nitrogens with zero attached hydrogens (tertiary/aromatic N) is 3. The summed E-state index contributed by atoms with van der Waals surface area (Å²) < 4.78 is 35.3. The van der Waals surface area contributed by atoms with Crippen molar-refractivity contribution in [2.45, 2.75) is 31.5 Å². The van der Waals surface area contributed by atoms with Crippen LogP contribution in [0.3, 0.4) is 0 Å². The summed E-state index contributed by atoms with van der Waals surface area (Å²) in [7, 11) is -2.09. The number of methoxy groups -OCH3 is 1. The zero-order valence-electron chi connectivity index (χ0n) is 14.8. The molecule has 0 amide bonds. The molecule has 1 aliphatic rings. The number of sulfonamides is 1. The third kappa shape index (κ3) is 3.29. The second-order valence-electron chi connectivity index (χ2n) is 5.99. The molecule has 0 bridgehead atoms. The molecule has 0 saturated carbocycles. The number of aromatic nitrogens is 2. The summed E-state index contributed by atoms with van der Waals surface area (Å²) in [5.74, 6) is 1.39. The van der Waals surface area contributed by atoms with Gasteiger partial charge in [0.1, 0.15) is 11.6 Å². The fourth-order valence-electron chi connectivity index (χ4n) is 3.22. The topological polar surface area (TPSA) is 76.5 Å². The number of piperazine rings is 1. The van der Waals surface area contributed by atoms with E-state index in [1.54, 1.807) is 13.3 Å². The quantitative estimate of drug-likeness (QED) is 0.871. The van der Waals surface area contributed by atoms with Crippen molar-refractivity contribution in [2.75, 3.05) is 26.7 Å². The van der Waals surface area contributed by atoms with Gasteiger partial charge in [0, 0.05) is 37.9 Å². The van der Waals surface area contributed by atoms with E-state index in [1.807, 2.05) is 42.7 Å². The van der Waals surface area contributed by atoms with Crippen LogP contribution in [0.1, 0.15) is 24.4 Å². The van der Waals surface area contributed by atoms with Gasteiger partial charge in [0.05, 0.1) is 13.2 Å². The van der Waals surface area contributed by atoms with Gasteiger partial charge in [-0.3, -0.25) is 0 Å². The smallest absolute Gasteiger partial charge is 0.262 e. The van der Waals surface area contributed by atoms with Gasteiger partial charge in [0.25, 0.3) is 10.0 Å². The molecule has 0 spiro atoms. The maximum absolute atomic E-state index is 13.2. The molecular formula is C17H24N4O3S. The number of imidazole rings is 1. The third-order valence-electron chi connectivity index (χ3n) is 4.56. The maximum atomic E-state index is 13.2. The van der Waals surface area contributed by atoms with Crippen LogP contribution in [-0.2, 0) is 16.6 Å². The van der Waals surface area contributed by atoms with Crippen LogP contribution in [0.15, 0.2) is 35.5 Å². The standard InChI is InChI=1S/C17H24N4O3S/c1-4-20-12-17(19-13(20)2)25(22,23)21-10-9-18-11-15(21)14-7-5-6-8-16(14)24-3/h5-8,12,15,18H,4,9-11H2,1-3H3. The van der Waals surface area contributed by atoms with Crippen molar-refractivity contribution >= 4 is 10.0 Å². The molecule has 0 aliphatic carbocycles. The van der Waals surface area contributed by atoms with E-state index in [1.165, 1.54) is 4.31 Å². The first kappa shape index (κ1) is 17.9. The van der Waals surface area contributed by atoms with Crippen LogP contribution in [0, 0.1) is 6.92 Å². The number of aryl methyl sites for hydroxylation is 2. The van der Waals surface area contributed by atoms with Crippen molar-refractivity contribution in [3.05, 3.63) is 41.9 Å². The average molecular weight is 364 g/mol. The summed E-state index contributed by atoms with van der Waals surface area (Å²) in [6.07, 6.45) is 1.62. The lowest BCUT2D eigenvalue weighted by Gasteiger charge is -2.35. The molecule has 7 nitrogen and oxygen atoms in total. The Morgan fingerprint density at radius 2 is 2.12 bits per heavy atom. The first-order valence-corrected chi connectivity index (χ1v) is 9.82. The van der Waals surface area contributed by atoms with Crippen molar-refractivity contribution in [3.63, 3.8) is 0 Å². The monoisotopic (exact) mass is 364 g/mol. The second-order valence-corrected chi connectivity index (χ2v) is 7.83. The van der Waals surface area contributed by atoms with Crippen molar-refractivity contribution in [3.8, 4) is 5.75 Å². The Labute approximate surface area is 148 Å². The molecule has 1 aliphatic heterocycles. The van der Waals surface area contributed by atoms with E-state index in [0.29, 0.717) is 37.8 Å². The minimum absolute atomic E-state index is 0.105. The molecule has 1 N–H and O–H groups in total. The van der Waals surface area contributed by atoms with Crippen LogP contribution in [0.25, 0.3) is 0 Å². The number of rotatable bonds is 5. The Morgan fingerprint density at radius 3 is 2.80 bits per heavy atom. The summed E-state index contributed by atoms with van der Waals surface area (Å²) in [6, 6.07) is 7.21. The summed E-state index contributed by atoms with van der Waals surface area (Å²) >= 11 is 0. The summed E-state index contributed by atoms with van der Waals surface area (Å²) in [4.78, 5) is 4.28. The predicted molar refractivity (Wildman–Crippen MR) is 95.1 cm³/mol. The average Bonchev–Trinajstić information content (AvgIpc) is 3.03. The Balaban J connectivity index is 2.02. The van der Waals surface area contributed by atoms with Crippen LogP contribution >= 0.6 is 0 Å². The minimum atomic E-state index is -3.69. The first-order chi connectivity index (χ1) is 12.0. The Kier molecular flexibility index (Phi) is 5.12. The van der Waals surface area contributed by atoms with E-state index in [0.717, 1.165) is 5.56 Å². The molecule has 1 saturated heterocycles. The van der Waals surface area contributed by atoms with Crippen LogP contribution in [0.2, 0.25) is 0 Å². The van der Waals surface area contributed by atoms with E-state index in [-0.39, 0.29) is 11.1 Å². The van der Waals surface area contributed by atoms with Gasteiger partial charge in [-0.15, -0.1) is 0 Å². The fraction of sp³-hybridized carbons (Fsp3) is 0.471. The number of para-hydroxylation sites is 1. The molecule has 1 aromatic heterocycles. The molecule has 1 aromatic carbocycles. The van der Waals surface area contributed by atoms with Crippen LogP contribution in [0.4, 0.5) is 0 Å². The molecule has 25 heavy (non-hydrogen) atoms. The summed E-state index contributed by atoms with van der Waals surface area (Å²) in [5.41, 5.74) is 0.854. The fourth-order valence-corrected chi connectivity index (χ4v) is 4.83. The lowest BCUT2D eigenvalue weighted by molar-refractivity contribution is 0.264. The molecule has 0 radical (unpaired) electrons. The SMILES string of the molecule is CCn1cc(S(=O)(=O)N2CCNCC2c2ccccc2OC)nc1C. The summed E-state index contributed by atoms with van der Waals surface area (Å²) in [6.45, 7) is 6.01. The molecule has 1 atom stereocenters. The van der Waals surface area contributed by atoms with E-state index in [2.05, 4.69) is 10.3 Å². The van der Waals surface area contributed by atoms with E-state index >= 15 is 0 Å². The normalized spacial score (nSPS) is 19.1. The van der Waals surface area contributed by atoms with Gasteiger partial charge >= 0.3 is 0 Å². The zero-order valence-corrected chi connectivity index (χ0v) is 15.6. The number of benzene rings is 1. The predicted octanol–water partition coefficient (Wildman–Crippen LogP) is 1.56. The Hall–Kier alpha value is -1.90. The minimum Gasteiger partial charge on any atom is -0.496 e. The lowest BCUT2D eigenvalue weighted by Crippen LogP contribution is -2.48. The zero-order chi connectivity index (χ0) is 18.0. The molecule has 8 heteroatoms. The third-order valence-corrected chi connectivity index (χ3v) is 6.34. The number of hydrogen-bond donors (Lipinski definition) is 1. The molecule has 3 rings (SSSR count). The first-order valence-electron chi connectivity index (χ1n) is 8.38. The molecule has 136 valence electrons. The largest absolute Gasteiger partial charge is 0.496 e. The highest BCUT2D eigenvalue weighted by Crippen LogP contribution is 2.33. The second kappa shape index (κ2) is 7.15. The van der Waals surface area contributed by atoms with Gasteiger partial charge in [0.2, 0.25) is 0 Å². The lowest BCUT2D eigenvalue weighted by atomic mass is 10.0. The highest BCUT2D eigenvalue weighted by molar-refractivity contribution is 7.89. The van der Waals surface area contributed by atoms with E-state index in [4.69, 9.17) is 4.74 Å². The van der Waals surface area contributed by atoms with E-state index < -0.39 is 10.0 Å². The van der Waals surface area contributed by atoms with Crippen molar-refractivity contribution in [1.82, 2.24) is 19.2 Å². The van der Waals surface area contributed by atoms with Crippen LogP contribution in [-0.4, -0.2) is 49.0 Å². The van der Waals surface area contributed by atoms with Crippen molar-refractivity contribution in [1.29, 1.82) is 0 Å². The molecule has 2 aromatic rings. The van der Waals surface area contributed by atoms with Gasteiger partial charge in [-0.1, -0.05) is 18.2 Å². The molecule has 1 unspecified atom stereocenters. The molecule has 1 fully saturated rings. The Bertz CT molecular complexity index is 847. The van der Waals surface area contributed by atoms with Gasteiger partial charge in [-0.2, -0.15) is 4.31 Å². The molecule has 2 heterocycles. The van der Waals surface area contributed by atoms with Gasteiger partial charge in [-0.05, 0) is 19.9 Å². The number of ether oxygens (including phenoxy) is 1. The van der Waals surface area contributed by atoms with E-state index in [9.17, 15) is 8.42 Å². The van der Waals surface area contributed by atoms with Gasteiger partial charge < -0.3 is 14.6 Å². The van der Waals surface area contributed by atoms with Crippen molar-refractivity contribution < 1.29 is 13.2 Å². The maximum Gasteiger partial charge on any atom is 0.262 e. The Morgan fingerprint density at radius 1 is 1.36 bits per heavy atom. The number of nitrogens with one attached hydrogen (secondary N) is 1. The van der Waals surface area contributed by atoms with Crippen LogP contribution < -0.4 is 10.1 Å². The summed E-state index contributed by atoms with van der Waals surface area (Å²) in [5, 5.41) is 3.38. The van der Waals surface area contributed by atoms with Crippen molar-refractivity contribution in [2.24, 2.45) is 0 Å². The van der Waals surface area contributed by atoms with Crippen LogP contribution in [0.5, 0.6) is 5.75 Å². The highest BCUT2D eigenvalue weighted by atomic mass is 32.2. The van der Waals surface area contributed by atoms with Gasteiger partial charge in [0.15, 0.2) is 5.03 Å². The highest BCUT2D eigenvalue weighted by Gasteiger charge is 2.37.